The largest absolute Gasteiger partial charge is 0.508 e. The van der Waals surface area contributed by atoms with Crippen molar-refractivity contribution < 1.29 is 39.9 Å². The van der Waals surface area contributed by atoms with Crippen LogP contribution in [0.15, 0.2) is 36.4 Å². The lowest BCUT2D eigenvalue weighted by Gasteiger charge is -2.39. The van der Waals surface area contributed by atoms with Crippen molar-refractivity contribution in [3.8, 4) is 11.5 Å². The fourth-order valence-corrected chi connectivity index (χ4v) is 5.52. The molecule has 0 radical (unpaired) electrons. The van der Waals surface area contributed by atoms with Gasteiger partial charge in [-0.1, -0.05) is 24.3 Å². The van der Waals surface area contributed by atoms with E-state index >= 15 is 0 Å². The zero-order valence-corrected chi connectivity index (χ0v) is 22.1. The van der Waals surface area contributed by atoms with Gasteiger partial charge in [0.15, 0.2) is 5.44 Å². The molecular formula is C27H36N2O8S. The molecular weight excluding hydrogens is 512 g/mol. The number of rotatable bonds is 12. The average Bonchev–Trinajstić information content (AvgIpc) is 2.87. The van der Waals surface area contributed by atoms with Gasteiger partial charge in [-0.25, -0.2) is 0 Å². The summed E-state index contributed by atoms with van der Waals surface area (Å²) in [5.41, 5.74) is 7.73. The van der Waals surface area contributed by atoms with E-state index in [2.05, 4.69) is 5.32 Å². The number of nitrogens with two attached hydrogens (primary N) is 1. The SMILES string of the molecule is Cc1cc(O)cc(O[C@@H]2S[C@H](CO)[C@@H](O)[C@H](O)[C@H]2O)c1Cc1ccc(CCCC(=O)NCCC(N)=O)cc1. The molecule has 2 aromatic rings. The summed E-state index contributed by atoms with van der Waals surface area (Å²) in [5.74, 6) is -0.242. The number of amides is 2. The number of hydrogen-bond acceptors (Lipinski definition) is 9. The molecule has 2 amide bonds. The van der Waals surface area contributed by atoms with Gasteiger partial charge in [0.1, 0.15) is 23.7 Å². The number of nitrogens with one attached hydrogen (secondary N) is 1. The van der Waals surface area contributed by atoms with Gasteiger partial charge in [0.05, 0.1) is 18.0 Å². The van der Waals surface area contributed by atoms with Crippen LogP contribution in [0.5, 0.6) is 11.5 Å². The number of primary amides is 1. The number of ether oxygens (including phenoxy) is 1. The summed E-state index contributed by atoms with van der Waals surface area (Å²) in [5, 5.41) is 52.4. The number of aliphatic hydroxyl groups is 4. The zero-order chi connectivity index (χ0) is 27.8. The molecule has 3 rings (SSSR count). The van der Waals surface area contributed by atoms with Gasteiger partial charge >= 0.3 is 0 Å². The van der Waals surface area contributed by atoms with Crippen LogP contribution < -0.4 is 15.8 Å². The monoisotopic (exact) mass is 548 g/mol. The molecule has 11 heteroatoms. The summed E-state index contributed by atoms with van der Waals surface area (Å²) in [6, 6.07) is 11.0. The highest BCUT2D eigenvalue weighted by Crippen LogP contribution is 2.37. The highest BCUT2D eigenvalue weighted by Gasteiger charge is 2.44. The first kappa shape index (κ1) is 29.7. The number of benzene rings is 2. The summed E-state index contributed by atoms with van der Waals surface area (Å²) in [6.45, 7) is 1.69. The molecule has 1 fully saturated rings. The topological polar surface area (TPSA) is 183 Å². The molecule has 2 aromatic carbocycles. The second-order valence-electron chi connectivity index (χ2n) is 9.47. The van der Waals surface area contributed by atoms with E-state index < -0.39 is 41.5 Å². The first-order chi connectivity index (χ1) is 18.1. The van der Waals surface area contributed by atoms with Gasteiger partial charge in [0, 0.05) is 37.4 Å². The molecule has 0 aliphatic carbocycles. The molecule has 1 aliphatic rings. The van der Waals surface area contributed by atoms with Crippen LogP contribution in [0.3, 0.4) is 0 Å². The van der Waals surface area contributed by atoms with Gasteiger partial charge in [-0.2, -0.15) is 0 Å². The summed E-state index contributed by atoms with van der Waals surface area (Å²) >= 11 is 1.03. The molecule has 5 atom stereocenters. The maximum atomic E-state index is 11.8. The van der Waals surface area contributed by atoms with Crippen LogP contribution in [0.2, 0.25) is 0 Å². The number of carbonyl (C=O) groups is 2. The van der Waals surface area contributed by atoms with Crippen LogP contribution in [0, 0.1) is 6.92 Å². The second-order valence-corrected chi connectivity index (χ2v) is 10.8. The highest BCUT2D eigenvalue weighted by molar-refractivity contribution is 8.00. The third-order valence-corrected chi connectivity index (χ3v) is 7.90. The zero-order valence-electron chi connectivity index (χ0n) is 21.2. The third-order valence-electron chi connectivity index (χ3n) is 6.48. The lowest BCUT2D eigenvalue weighted by molar-refractivity contribution is -0.121. The van der Waals surface area contributed by atoms with E-state index in [4.69, 9.17) is 10.5 Å². The van der Waals surface area contributed by atoms with Crippen molar-refractivity contribution in [2.24, 2.45) is 5.73 Å². The Balaban J connectivity index is 1.63. The minimum Gasteiger partial charge on any atom is -0.508 e. The normalized spacial score (nSPS) is 23.1. The molecule has 8 N–H and O–H groups in total. The Morgan fingerprint density at radius 1 is 1.03 bits per heavy atom. The number of phenolic OH excluding ortho intramolecular Hbond substituents is 1. The van der Waals surface area contributed by atoms with Gasteiger partial charge in [-0.15, -0.1) is 11.8 Å². The molecule has 1 aliphatic heterocycles. The maximum Gasteiger partial charge on any atom is 0.220 e. The number of aliphatic hydroxyl groups excluding tert-OH is 4. The van der Waals surface area contributed by atoms with Crippen molar-refractivity contribution in [3.05, 3.63) is 58.7 Å². The van der Waals surface area contributed by atoms with Crippen LogP contribution >= 0.6 is 11.8 Å². The highest BCUT2D eigenvalue weighted by atomic mass is 32.2. The van der Waals surface area contributed by atoms with Gasteiger partial charge in [-0.3, -0.25) is 9.59 Å². The second kappa shape index (κ2) is 13.8. The molecule has 10 nitrogen and oxygen atoms in total. The minimum atomic E-state index is -1.48. The van der Waals surface area contributed by atoms with Crippen molar-refractivity contribution in [1.29, 1.82) is 0 Å². The Kier molecular flexibility index (Phi) is 10.8. The number of thioether (sulfide) groups is 1. The number of aryl methyl sites for hydroxylation is 2. The van der Waals surface area contributed by atoms with Crippen LogP contribution in [0.25, 0.3) is 0 Å². The van der Waals surface area contributed by atoms with E-state index in [1.807, 2.05) is 31.2 Å². The number of phenols is 1. The molecule has 1 saturated heterocycles. The standard InChI is InChI=1S/C27H36N2O8S/c1-15-11-18(31)13-20(37-27-26(36)25(35)24(34)21(14-30)38-27)19(15)12-17-7-5-16(6-8-17)3-2-4-23(33)29-10-9-22(28)32/h5-8,11,13,21,24-27,30-31,34-36H,2-4,9-10,12,14H2,1H3,(H2,28,32)(H,29,33)/t21-,24-,25+,26-,27-/m1/s1. The average molecular weight is 549 g/mol. The fraction of sp³-hybridized carbons (Fsp3) is 0.481. The van der Waals surface area contributed by atoms with Crippen molar-refractivity contribution in [2.45, 2.75) is 68.0 Å². The molecule has 1 heterocycles. The number of aromatic hydroxyl groups is 1. The summed E-state index contributed by atoms with van der Waals surface area (Å²) in [4.78, 5) is 22.6. The van der Waals surface area contributed by atoms with Crippen molar-refractivity contribution in [3.63, 3.8) is 0 Å². The first-order valence-electron chi connectivity index (χ1n) is 12.5. The quantitative estimate of drug-likeness (QED) is 0.199. The predicted octanol–water partition coefficient (Wildman–Crippen LogP) is 0.501. The Labute approximate surface area is 225 Å². The summed E-state index contributed by atoms with van der Waals surface area (Å²) in [6.07, 6.45) is -1.84. The van der Waals surface area contributed by atoms with E-state index in [1.54, 1.807) is 6.07 Å². The lowest BCUT2D eigenvalue weighted by atomic mass is 9.97. The van der Waals surface area contributed by atoms with Crippen LogP contribution in [-0.2, 0) is 22.4 Å². The van der Waals surface area contributed by atoms with Gasteiger partial charge < -0.3 is 41.3 Å². The van der Waals surface area contributed by atoms with Crippen LogP contribution in [-0.4, -0.2) is 79.5 Å². The van der Waals surface area contributed by atoms with Gasteiger partial charge in [0.2, 0.25) is 11.8 Å². The van der Waals surface area contributed by atoms with Crippen molar-refractivity contribution >= 4 is 23.6 Å². The summed E-state index contributed by atoms with van der Waals surface area (Å²) < 4.78 is 6.03. The van der Waals surface area contributed by atoms with E-state index in [0.29, 0.717) is 31.4 Å². The van der Waals surface area contributed by atoms with Crippen LogP contribution in [0.4, 0.5) is 0 Å². The van der Waals surface area contributed by atoms with Gasteiger partial charge in [0.25, 0.3) is 0 Å². The molecule has 0 saturated carbocycles. The Bertz CT molecular complexity index is 1100. The van der Waals surface area contributed by atoms with Crippen LogP contribution in [0.1, 0.15) is 41.5 Å². The molecule has 38 heavy (non-hydrogen) atoms. The van der Waals surface area contributed by atoms with E-state index in [1.165, 1.54) is 6.07 Å². The Hall–Kier alpha value is -2.83. The van der Waals surface area contributed by atoms with Gasteiger partial charge in [-0.05, 0) is 42.5 Å². The number of hydrogen-bond donors (Lipinski definition) is 7. The molecule has 0 bridgehead atoms. The number of carbonyl (C=O) groups excluding carboxylic acids is 2. The third kappa shape index (κ3) is 8.08. The first-order valence-corrected chi connectivity index (χ1v) is 13.5. The molecule has 0 unspecified atom stereocenters. The molecule has 0 spiro atoms. The lowest BCUT2D eigenvalue weighted by Crippen LogP contribution is -2.55. The molecule has 208 valence electrons. The minimum absolute atomic E-state index is 0.00940. The maximum absolute atomic E-state index is 11.8. The summed E-state index contributed by atoms with van der Waals surface area (Å²) in [7, 11) is 0. The van der Waals surface area contributed by atoms with Crippen molar-refractivity contribution in [2.75, 3.05) is 13.2 Å². The van der Waals surface area contributed by atoms with E-state index in [9.17, 15) is 35.1 Å². The Morgan fingerprint density at radius 3 is 2.37 bits per heavy atom. The smallest absolute Gasteiger partial charge is 0.220 e. The Morgan fingerprint density at radius 2 is 1.71 bits per heavy atom. The van der Waals surface area contributed by atoms with E-state index in [0.717, 1.165) is 34.0 Å². The predicted molar refractivity (Wildman–Crippen MR) is 143 cm³/mol. The van der Waals surface area contributed by atoms with E-state index in [-0.39, 0.29) is 24.6 Å². The van der Waals surface area contributed by atoms with Crippen molar-refractivity contribution in [1.82, 2.24) is 5.32 Å². The fourth-order valence-electron chi connectivity index (χ4n) is 4.28. The molecule has 0 aromatic heterocycles.